The van der Waals surface area contributed by atoms with Gasteiger partial charge in [-0.3, -0.25) is 14.9 Å². The van der Waals surface area contributed by atoms with Crippen LogP contribution in [0.3, 0.4) is 0 Å². The quantitative estimate of drug-likeness (QED) is 0.447. The number of nitro groups is 1. The average Bonchev–Trinajstić information content (AvgIpc) is 3.08. The van der Waals surface area contributed by atoms with Crippen molar-refractivity contribution in [3.8, 4) is 11.5 Å². The first-order valence-corrected chi connectivity index (χ1v) is 8.74. The summed E-state index contributed by atoms with van der Waals surface area (Å²) in [6.45, 7) is 1.61. The highest BCUT2D eigenvalue weighted by molar-refractivity contribution is 6.32. The Bertz CT molecular complexity index is 1070. The predicted octanol–water partition coefficient (Wildman–Crippen LogP) is 4.38. The first-order valence-electron chi connectivity index (χ1n) is 8.37. The fraction of sp³-hybridized carbons (Fsp3) is 0.158. The minimum Gasteiger partial charge on any atom is -0.496 e. The molecule has 0 atom stereocenters. The van der Waals surface area contributed by atoms with Gasteiger partial charge in [0.2, 0.25) is 0 Å². The first-order chi connectivity index (χ1) is 13.9. The lowest BCUT2D eigenvalue weighted by Crippen LogP contribution is -2.16. The predicted molar refractivity (Wildman–Crippen MR) is 105 cm³/mol. The van der Waals surface area contributed by atoms with Crippen molar-refractivity contribution in [3.05, 3.63) is 74.6 Å². The summed E-state index contributed by atoms with van der Waals surface area (Å²) in [6, 6.07) is 11.0. The summed E-state index contributed by atoms with van der Waals surface area (Å²) in [5, 5.41) is 18.0. The molecular weight excluding hydrogens is 402 g/mol. The number of hydrogen-bond acceptors (Lipinski definition) is 7. The number of nitrogens with one attached hydrogen (secondary N) is 1. The van der Waals surface area contributed by atoms with Crippen molar-refractivity contribution in [3.63, 3.8) is 0 Å². The molecule has 0 aliphatic heterocycles. The van der Waals surface area contributed by atoms with Gasteiger partial charge < -0.3 is 19.3 Å². The zero-order chi connectivity index (χ0) is 21.0. The fourth-order valence-corrected chi connectivity index (χ4v) is 2.72. The van der Waals surface area contributed by atoms with E-state index in [2.05, 4.69) is 10.5 Å². The smallest absolute Gasteiger partial charge is 0.296 e. The van der Waals surface area contributed by atoms with Crippen LogP contribution in [0.25, 0.3) is 0 Å². The molecule has 1 N–H and O–H groups in total. The van der Waals surface area contributed by atoms with E-state index in [1.54, 1.807) is 31.2 Å². The Morgan fingerprint density at radius 1 is 1.31 bits per heavy atom. The van der Waals surface area contributed by atoms with E-state index < -0.39 is 10.8 Å². The van der Waals surface area contributed by atoms with Gasteiger partial charge >= 0.3 is 0 Å². The molecule has 0 fully saturated rings. The number of halogens is 1. The van der Waals surface area contributed by atoms with Crippen LogP contribution in [0.5, 0.6) is 11.5 Å². The molecule has 1 aromatic heterocycles. The molecule has 29 heavy (non-hydrogen) atoms. The third-order valence-corrected chi connectivity index (χ3v) is 4.37. The summed E-state index contributed by atoms with van der Waals surface area (Å²) in [6.07, 6.45) is 0. The van der Waals surface area contributed by atoms with E-state index in [1.807, 2.05) is 0 Å². The van der Waals surface area contributed by atoms with Gasteiger partial charge in [-0.2, -0.15) is 0 Å². The van der Waals surface area contributed by atoms with Crippen molar-refractivity contribution in [1.82, 2.24) is 5.16 Å². The van der Waals surface area contributed by atoms with Gasteiger partial charge in [-0.05, 0) is 31.2 Å². The average molecular weight is 418 g/mol. The number of aromatic nitrogens is 1. The van der Waals surface area contributed by atoms with Crippen LogP contribution in [-0.2, 0) is 6.61 Å². The number of nitrogens with zero attached hydrogens (tertiary/aromatic N) is 2. The lowest BCUT2D eigenvalue weighted by Gasteiger charge is -2.09. The van der Waals surface area contributed by atoms with E-state index in [0.717, 1.165) is 0 Å². The number of carbonyl (C=O) groups excluding carboxylic acids is 1. The molecule has 3 aromatic rings. The maximum atomic E-state index is 12.7. The molecule has 9 nitrogen and oxygen atoms in total. The van der Waals surface area contributed by atoms with Crippen LogP contribution in [0.2, 0.25) is 5.02 Å². The van der Waals surface area contributed by atoms with E-state index >= 15 is 0 Å². The molecule has 0 aliphatic rings. The molecule has 3 rings (SSSR count). The van der Waals surface area contributed by atoms with Crippen molar-refractivity contribution in [2.75, 3.05) is 12.4 Å². The Balaban J connectivity index is 1.82. The molecule has 1 heterocycles. The molecule has 0 saturated carbocycles. The van der Waals surface area contributed by atoms with Crippen molar-refractivity contribution in [2.45, 2.75) is 13.5 Å². The molecule has 0 aliphatic carbocycles. The Morgan fingerprint density at radius 2 is 2.07 bits per heavy atom. The molecule has 0 bridgehead atoms. The monoisotopic (exact) mass is 417 g/mol. The number of carbonyl (C=O) groups is 1. The Hall–Kier alpha value is -3.59. The van der Waals surface area contributed by atoms with Crippen molar-refractivity contribution in [2.24, 2.45) is 0 Å². The van der Waals surface area contributed by atoms with E-state index in [-0.39, 0.29) is 23.7 Å². The minimum atomic E-state index is -0.673. The van der Waals surface area contributed by atoms with Gasteiger partial charge in [-0.15, -0.1) is 0 Å². The number of para-hydroxylation sites is 1. The third kappa shape index (κ3) is 4.46. The van der Waals surface area contributed by atoms with Crippen LogP contribution in [0.15, 0.2) is 47.0 Å². The zero-order valence-corrected chi connectivity index (χ0v) is 16.2. The standard InChI is InChI=1S/C19H16ClN3O6/c1-11-13(10-28-17-6-4-3-5-14(17)20)18(22-29-11)19(24)21-15-8-7-12(27-2)9-16(15)23(25)26/h3-9H,10H2,1-2H3,(H,21,24). The maximum Gasteiger partial charge on any atom is 0.296 e. The highest BCUT2D eigenvalue weighted by Crippen LogP contribution is 2.30. The number of benzene rings is 2. The number of amides is 1. The van der Waals surface area contributed by atoms with Gasteiger partial charge in [-0.1, -0.05) is 28.9 Å². The van der Waals surface area contributed by atoms with Gasteiger partial charge in [0.15, 0.2) is 5.69 Å². The number of methoxy groups -OCH3 is 1. The lowest BCUT2D eigenvalue weighted by molar-refractivity contribution is -0.384. The molecule has 150 valence electrons. The molecule has 2 aromatic carbocycles. The van der Waals surface area contributed by atoms with Gasteiger partial charge in [0.25, 0.3) is 11.6 Å². The van der Waals surface area contributed by atoms with E-state index in [9.17, 15) is 14.9 Å². The minimum absolute atomic E-state index is 0.000532. The first kappa shape index (κ1) is 20.2. The molecular formula is C19H16ClN3O6. The second-order valence-electron chi connectivity index (χ2n) is 5.88. The maximum absolute atomic E-state index is 12.7. The van der Waals surface area contributed by atoms with Crippen LogP contribution in [-0.4, -0.2) is 23.1 Å². The summed E-state index contributed by atoms with van der Waals surface area (Å²) in [7, 11) is 1.39. The van der Waals surface area contributed by atoms with Crippen molar-refractivity contribution in [1.29, 1.82) is 0 Å². The zero-order valence-electron chi connectivity index (χ0n) is 15.5. The second-order valence-corrected chi connectivity index (χ2v) is 6.29. The highest BCUT2D eigenvalue weighted by Gasteiger charge is 2.24. The van der Waals surface area contributed by atoms with Gasteiger partial charge in [0, 0.05) is 0 Å². The third-order valence-electron chi connectivity index (χ3n) is 4.06. The van der Waals surface area contributed by atoms with Crippen LogP contribution in [0.1, 0.15) is 21.8 Å². The summed E-state index contributed by atoms with van der Waals surface area (Å²) in [5.74, 6) is 0.437. The Labute approximate surface area is 170 Å². The number of hydrogen-bond donors (Lipinski definition) is 1. The number of aryl methyl sites for hydroxylation is 1. The van der Waals surface area contributed by atoms with E-state index in [1.165, 1.54) is 25.3 Å². The summed E-state index contributed by atoms with van der Waals surface area (Å²) < 4.78 is 15.8. The fourth-order valence-electron chi connectivity index (χ4n) is 2.53. The van der Waals surface area contributed by atoms with E-state index in [4.69, 9.17) is 25.6 Å². The SMILES string of the molecule is COc1ccc(NC(=O)c2noc(C)c2COc2ccccc2Cl)c([N+](=O)[O-])c1. The van der Waals surface area contributed by atoms with Crippen LogP contribution < -0.4 is 14.8 Å². The second kappa shape index (κ2) is 8.61. The largest absolute Gasteiger partial charge is 0.496 e. The lowest BCUT2D eigenvalue weighted by atomic mass is 10.2. The normalized spacial score (nSPS) is 10.4. The molecule has 0 spiro atoms. The molecule has 0 radical (unpaired) electrons. The van der Waals surface area contributed by atoms with E-state index in [0.29, 0.717) is 27.8 Å². The molecule has 10 heteroatoms. The molecule has 0 saturated heterocycles. The number of rotatable bonds is 7. The van der Waals surface area contributed by atoms with Crippen molar-refractivity contribution >= 4 is 28.9 Å². The summed E-state index contributed by atoms with van der Waals surface area (Å²) in [5.41, 5.74) is 0.0458. The van der Waals surface area contributed by atoms with Gasteiger partial charge in [-0.25, -0.2) is 0 Å². The van der Waals surface area contributed by atoms with Crippen LogP contribution in [0.4, 0.5) is 11.4 Å². The number of nitro benzene ring substituents is 1. The topological polar surface area (TPSA) is 117 Å². The number of anilines is 1. The van der Waals surface area contributed by atoms with Crippen LogP contribution in [0, 0.1) is 17.0 Å². The summed E-state index contributed by atoms with van der Waals surface area (Å²) >= 11 is 6.07. The highest BCUT2D eigenvalue weighted by atomic mass is 35.5. The number of ether oxygens (including phenoxy) is 2. The Morgan fingerprint density at radius 3 is 2.76 bits per heavy atom. The molecule has 0 unspecified atom stereocenters. The molecule has 1 amide bonds. The van der Waals surface area contributed by atoms with Gasteiger partial charge in [0.05, 0.1) is 28.7 Å². The Kier molecular flexibility index (Phi) is 5.99. The van der Waals surface area contributed by atoms with Gasteiger partial charge in [0.1, 0.15) is 29.6 Å². The summed E-state index contributed by atoms with van der Waals surface area (Å²) in [4.78, 5) is 23.4. The van der Waals surface area contributed by atoms with Crippen molar-refractivity contribution < 1.29 is 23.7 Å². The van der Waals surface area contributed by atoms with Crippen LogP contribution >= 0.6 is 11.6 Å².